The van der Waals surface area contributed by atoms with Crippen LogP contribution >= 0.6 is 0 Å². The van der Waals surface area contributed by atoms with E-state index in [0.29, 0.717) is 19.6 Å². The number of hydrogen-bond acceptors (Lipinski definition) is 3. The molecule has 0 radical (unpaired) electrons. The van der Waals surface area contributed by atoms with Crippen LogP contribution in [0.5, 0.6) is 5.75 Å². The minimum atomic E-state index is -0.0589. The third kappa shape index (κ3) is 4.11. The summed E-state index contributed by atoms with van der Waals surface area (Å²) in [4.78, 5) is 13.6. The van der Waals surface area contributed by atoms with Gasteiger partial charge in [-0.05, 0) is 42.7 Å². The fraction of sp³-hybridized carbons (Fsp3) is 0.316. The topological polar surface area (TPSA) is 55.6 Å². The number of aryl methyl sites for hydroxylation is 1. The second-order valence-electron chi connectivity index (χ2n) is 5.90. The quantitative estimate of drug-likeness (QED) is 0.835. The number of hydrogen-bond donors (Lipinski definition) is 1. The molecule has 1 aliphatic heterocycles. The summed E-state index contributed by atoms with van der Waals surface area (Å²) in [5.74, 6) is 0.923. The molecular weight excluding hydrogens is 288 g/mol. The zero-order valence-corrected chi connectivity index (χ0v) is 13.2. The average Bonchev–Trinajstić information content (AvgIpc) is 2.92. The van der Waals surface area contributed by atoms with Gasteiger partial charge in [0.1, 0.15) is 5.75 Å². The number of ether oxygens (including phenoxy) is 1. The first-order valence-electron chi connectivity index (χ1n) is 8.05. The molecule has 4 heteroatoms. The molecule has 1 saturated heterocycles. The molecule has 2 N–H and O–H groups in total. The van der Waals surface area contributed by atoms with Crippen molar-refractivity contribution in [2.75, 3.05) is 18.1 Å². The first kappa shape index (κ1) is 15.6. The highest BCUT2D eigenvalue weighted by Crippen LogP contribution is 2.23. The third-order valence-electron chi connectivity index (χ3n) is 4.02. The number of benzene rings is 2. The molecule has 0 aliphatic carbocycles. The van der Waals surface area contributed by atoms with Crippen molar-refractivity contribution in [2.45, 2.75) is 25.3 Å². The molecule has 4 nitrogen and oxygen atoms in total. The van der Waals surface area contributed by atoms with Gasteiger partial charge in [-0.15, -0.1) is 0 Å². The van der Waals surface area contributed by atoms with Crippen molar-refractivity contribution >= 4 is 11.6 Å². The standard InChI is InChI=1S/C19H22N2O2/c20-16-13-19(22)21(14-16)17-8-10-18(11-9-17)23-12-4-7-15-5-2-1-3-6-15/h1-3,5-6,8-11,16H,4,7,12-14,20H2. The monoisotopic (exact) mass is 310 g/mol. The lowest BCUT2D eigenvalue weighted by Crippen LogP contribution is -2.27. The molecule has 23 heavy (non-hydrogen) atoms. The molecular formula is C19H22N2O2. The number of carbonyl (C=O) groups is 1. The van der Waals surface area contributed by atoms with Crippen LogP contribution < -0.4 is 15.4 Å². The summed E-state index contributed by atoms with van der Waals surface area (Å²) in [6.45, 7) is 1.28. The van der Waals surface area contributed by atoms with E-state index in [4.69, 9.17) is 10.5 Å². The van der Waals surface area contributed by atoms with Gasteiger partial charge >= 0.3 is 0 Å². The predicted octanol–water partition coefficient (Wildman–Crippen LogP) is 2.76. The summed E-state index contributed by atoms with van der Waals surface area (Å²) in [6, 6.07) is 18.0. The van der Waals surface area contributed by atoms with Gasteiger partial charge in [-0.2, -0.15) is 0 Å². The number of amides is 1. The van der Waals surface area contributed by atoms with Crippen LogP contribution in [0.15, 0.2) is 54.6 Å². The van der Waals surface area contributed by atoms with Gasteiger partial charge in [-0.25, -0.2) is 0 Å². The van der Waals surface area contributed by atoms with Crippen molar-refractivity contribution in [3.8, 4) is 5.75 Å². The molecule has 0 aromatic heterocycles. The molecule has 1 unspecified atom stereocenters. The van der Waals surface area contributed by atoms with Gasteiger partial charge in [0.2, 0.25) is 5.91 Å². The number of rotatable bonds is 6. The van der Waals surface area contributed by atoms with E-state index in [1.54, 1.807) is 4.90 Å². The van der Waals surface area contributed by atoms with Gasteiger partial charge in [-0.1, -0.05) is 30.3 Å². The van der Waals surface area contributed by atoms with E-state index in [0.717, 1.165) is 24.3 Å². The third-order valence-corrected chi connectivity index (χ3v) is 4.02. The highest BCUT2D eigenvalue weighted by Gasteiger charge is 2.27. The molecule has 0 bridgehead atoms. The fourth-order valence-corrected chi connectivity index (χ4v) is 2.82. The van der Waals surface area contributed by atoms with Crippen LogP contribution in [-0.4, -0.2) is 25.1 Å². The van der Waals surface area contributed by atoms with Gasteiger partial charge in [0.05, 0.1) is 6.61 Å². The van der Waals surface area contributed by atoms with Crippen LogP contribution in [0, 0.1) is 0 Å². The Labute approximate surface area is 136 Å². The lowest BCUT2D eigenvalue weighted by atomic mass is 10.1. The Morgan fingerprint density at radius 3 is 2.48 bits per heavy atom. The first-order chi connectivity index (χ1) is 11.2. The minimum absolute atomic E-state index is 0.0589. The Hall–Kier alpha value is -2.33. The Balaban J connectivity index is 1.47. The van der Waals surface area contributed by atoms with Crippen LogP contribution in [0.2, 0.25) is 0 Å². The minimum Gasteiger partial charge on any atom is -0.494 e. The fourth-order valence-electron chi connectivity index (χ4n) is 2.82. The van der Waals surface area contributed by atoms with Crippen LogP contribution in [0.3, 0.4) is 0 Å². The highest BCUT2D eigenvalue weighted by atomic mass is 16.5. The van der Waals surface area contributed by atoms with E-state index in [-0.39, 0.29) is 11.9 Å². The van der Waals surface area contributed by atoms with Crippen molar-refractivity contribution < 1.29 is 9.53 Å². The zero-order valence-electron chi connectivity index (χ0n) is 13.2. The van der Waals surface area contributed by atoms with E-state index in [1.165, 1.54) is 5.56 Å². The van der Waals surface area contributed by atoms with E-state index < -0.39 is 0 Å². The molecule has 0 spiro atoms. The van der Waals surface area contributed by atoms with E-state index >= 15 is 0 Å². The predicted molar refractivity (Wildman–Crippen MR) is 91.6 cm³/mol. The second-order valence-corrected chi connectivity index (χ2v) is 5.90. The van der Waals surface area contributed by atoms with Crippen LogP contribution in [-0.2, 0) is 11.2 Å². The molecule has 2 aromatic rings. The van der Waals surface area contributed by atoms with Crippen LogP contribution in [0.4, 0.5) is 5.69 Å². The van der Waals surface area contributed by atoms with E-state index in [1.807, 2.05) is 30.3 Å². The maximum atomic E-state index is 11.8. The molecule has 1 atom stereocenters. The molecule has 0 saturated carbocycles. The van der Waals surface area contributed by atoms with Crippen molar-refractivity contribution in [1.82, 2.24) is 0 Å². The smallest absolute Gasteiger partial charge is 0.228 e. The van der Waals surface area contributed by atoms with Crippen molar-refractivity contribution in [3.05, 3.63) is 60.2 Å². The normalized spacial score (nSPS) is 17.5. The van der Waals surface area contributed by atoms with Crippen LogP contribution in [0.1, 0.15) is 18.4 Å². The SMILES string of the molecule is NC1CC(=O)N(c2ccc(OCCCc3ccccc3)cc2)C1. The maximum absolute atomic E-state index is 11.8. The van der Waals surface area contributed by atoms with Gasteiger partial charge < -0.3 is 15.4 Å². The summed E-state index contributed by atoms with van der Waals surface area (Å²) < 4.78 is 5.77. The van der Waals surface area contributed by atoms with Gasteiger partial charge in [-0.3, -0.25) is 4.79 Å². The number of anilines is 1. The zero-order chi connectivity index (χ0) is 16.1. The first-order valence-corrected chi connectivity index (χ1v) is 8.05. The molecule has 1 aliphatic rings. The largest absolute Gasteiger partial charge is 0.494 e. The molecule has 120 valence electrons. The summed E-state index contributed by atoms with van der Waals surface area (Å²) in [5.41, 5.74) is 8.04. The summed E-state index contributed by atoms with van der Waals surface area (Å²) in [5, 5.41) is 0. The van der Waals surface area contributed by atoms with Gasteiger partial charge in [0.15, 0.2) is 0 Å². The van der Waals surface area contributed by atoms with Gasteiger partial charge in [0, 0.05) is 24.7 Å². The maximum Gasteiger partial charge on any atom is 0.228 e. The lowest BCUT2D eigenvalue weighted by molar-refractivity contribution is -0.117. The highest BCUT2D eigenvalue weighted by molar-refractivity contribution is 5.96. The number of nitrogens with zero attached hydrogens (tertiary/aromatic N) is 1. The molecule has 1 amide bonds. The van der Waals surface area contributed by atoms with E-state index in [9.17, 15) is 4.79 Å². The second kappa shape index (κ2) is 7.29. The number of nitrogens with two attached hydrogens (primary N) is 1. The van der Waals surface area contributed by atoms with Crippen LogP contribution in [0.25, 0.3) is 0 Å². The Bertz CT molecular complexity index is 640. The number of carbonyl (C=O) groups excluding carboxylic acids is 1. The Morgan fingerprint density at radius 1 is 1.09 bits per heavy atom. The summed E-state index contributed by atoms with van der Waals surface area (Å²) >= 11 is 0. The molecule has 2 aromatic carbocycles. The van der Waals surface area contributed by atoms with Crippen molar-refractivity contribution in [2.24, 2.45) is 5.73 Å². The Morgan fingerprint density at radius 2 is 1.83 bits per heavy atom. The molecule has 1 heterocycles. The molecule has 3 rings (SSSR count). The van der Waals surface area contributed by atoms with E-state index in [2.05, 4.69) is 24.3 Å². The van der Waals surface area contributed by atoms with Gasteiger partial charge in [0.25, 0.3) is 0 Å². The Kier molecular flexibility index (Phi) is 4.93. The summed E-state index contributed by atoms with van der Waals surface area (Å²) in [7, 11) is 0. The average molecular weight is 310 g/mol. The lowest BCUT2D eigenvalue weighted by Gasteiger charge is -2.16. The van der Waals surface area contributed by atoms with Crippen molar-refractivity contribution in [1.29, 1.82) is 0 Å². The summed E-state index contributed by atoms with van der Waals surface area (Å²) in [6.07, 6.45) is 2.42. The molecule has 1 fully saturated rings. The van der Waals surface area contributed by atoms with Crippen molar-refractivity contribution in [3.63, 3.8) is 0 Å².